The van der Waals surface area contributed by atoms with Crippen LogP contribution < -0.4 is 0 Å². The summed E-state index contributed by atoms with van der Waals surface area (Å²) < 4.78 is 0. The lowest BCUT2D eigenvalue weighted by Gasteiger charge is -1.98. The van der Waals surface area contributed by atoms with Crippen molar-refractivity contribution in [1.29, 1.82) is 0 Å². The van der Waals surface area contributed by atoms with Gasteiger partial charge in [-0.1, -0.05) is 35.5 Å². The molecule has 3 heteroatoms. The Morgan fingerprint density at radius 2 is 2.10 bits per heavy atom. The van der Waals surface area contributed by atoms with Gasteiger partial charge in [-0.2, -0.15) is 0 Å². The molecule has 0 heterocycles. The van der Waals surface area contributed by atoms with E-state index >= 15 is 0 Å². The van der Waals surface area contributed by atoms with Gasteiger partial charge in [0.25, 0.3) is 0 Å². The predicted molar refractivity (Wildman–Crippen MR) is 44.4 cm³/mol. The van der Waals surface area contributed by atoms with Gasteiger partial charge >= 0.3 is 0 Å². The summed E-state index contributed by atoms with van der Waals surface area (Å²) in [5, 5.41) is 9.24. The molecule has 0 aliphatic rings. The van der Waals surface area contributed by atoms with E-state index in [9.17, 15) is 0 Å². The Morgan fingerprint density at radius 1 is 1.40 bits per heavy atom. The molecule has 0 unspecified atom stereocenters. The van der Waals surface area contributed by atoms with Gasteiger partial charge in [-0.25, -0.2) is 0 Å². The molecule has 0 aromatic heterocycles. The molecule has 1 rings (SSSR count). The van der Waals surface area contributed by atoms with E-state index in [1.165, 1.54) is 11.8 Å². The fourth-order valence-corrected chi connectivity index (χ4v) is 1.45. The molecule has 1 N–H and O–H groups in total. The maximum absolute atomic E-state index is 8.55. The van der Waals surface area contributed by atoms with Crippen LogP contribution in [0.3, 0.4) is 0 Å². The molecule has 1 aromatic carbocycles. The number of benzene rings is 1. The molecule has 0 radical (unpaired) electrons. The van der Waals surface area contributed by atoms with Gasteiger partial charge in [0.1, 0.15) is 0 Å². The van der Waals surface area contributed by atoms with Crippen LogP contribution in [-0.4, -0.2) is 11.0 Å². The number of hydrogen-bond donors (Lipinski definition) is 1. The molecule has 0 atom stereocenters. The van der Waals surface area contributed by atoms with Gasteiger partial charge < -0.3 is 5.11 Å². The van der Waals surface area contributed by atoms with Crippen LogP contribution >= 0.6 is 23.4 Å². The van der Waals surface area contributed by atoms with E-state index in [0.29, 0.717) is 5.02 Å². The molecule has 54 valence electrons. The van der Waals surface area contributed by atoms with Crippen LogP contribution in [0.1, 0.15) is 0 Å². The fourth-order valence-electron chi connectivity index (χ4n) is 0.631. The largest absolute Gasteiger partial charge is 0.385 e. The molecule has 0 fully saturated rings. The first-order valence-corrected chi connectivity index (χ1v) is 4.19. The second-order valence-electron chi connectivity index (χ2n) is 1.70. The predicted octanol–water partition coefficient (Wildman–Crippen LogP) is 2.38. The third kappa shape index (κ3) is 1.90. The minimum absolute atomic E-state index is 0.0731. The lowest BCUT2D eigenvalue weighted by molar-refractivity contribution is 0.375. The topological polar surface area (TPSA) is 20.2 Å². The van der Waals surface area contributed by atoms with Gasteiger partial charge in [-0.3, -0.25) is 0 Å². The zero-order chi connectivity index (χ0) is 7.40. The van der Waals surface area contributed by atoms with Gasteiger partial charge in [-0.05, 0) is 12.1 Å². The molecular formula is C7H7ClOS. The van der Waals surface area contributed by atoms with Crippen molar-refractivity contribution in [2.75, 3.05) is 5.94 Å². The van der Waals surface area contributed by atoms with Crippen molar-refractivity contribution >= 4 is 23.4 Å². The Bertz CT molecular complexity index is 215. The summed E-state index contributed by atoms with van der Waals surface area (Å²) in [5.74, 6) is 0.0731. The van der Waals surface area contributed by atoms with Crippen molar-refractivity contribution in [2.45, 2.75) is 4.90 Å². The number of rotatable bonds is 2. The summed E-state index contributed by atoms with van der Waals surface area (Å²) >= 11 is 7.10. The summed E-state index contributed by atoms with van der Waals surface area (Å²) in [6.07, 6.45) is 0. The van der Waals surface area contributed by atoms with Crippen LogP contribution in [0.15, 0.2) is 29.2 Å². The first kappa shape index (κ1) is 7.92. The van der Waals surface area contributed by atoms with Crippen LogP contribution in [0.4, 0.5) is 0 Å². The Labute approximate surface area is 69.0 Å². The summed E-state index contributed by atoms with van der Waals surface area (Å²) in [6.45, 7) is 0. The fraction of sp³-hybridized carbons (Fsp3) is 0.143. The van der Waals surface area contributed by atoms with Crippen LogP contribution in [0.2, 0.25) is 5.02 Å². The van der Waals surface area contributed by atoms with E-state index in [1.807, 2.05) is 18.2 Å². The number of aliphatic hydroxyl groups is 1. The molecule has 0 aliphatic heterocycles. The molecular weight excluding hydrogens is 168 g/mol. The second kappa shape index (κ2) is 3.86. The molecule has 0 spiro atoms. The highest BCUT2D eigenvalue weighted by Crippen LogP contribution is 2.25. The van der Waals surface area contributed by atoms with Gasteiger partial charge in [0.2, 0.25) is 0 Å². The van der Waals surface area contributed by atoms with Gasteiger partial charge in [0, 0.05) is 4.90 Å². The monoisotopic (exact) mass is 174 g/mol. The Kier molecular flexibility index (Phi) is 3.06. The second-order valence-corrected chi connectivity index (χ2v) is 3.10. The van der Waals surface area contributed by atoms with E-state index in [0.717, 1.165) is 4.90 Å². The summed E-state index contributed by atoms with van der Waals surface area (Å²) in [7, 11) is 0. The van der Waals surface area contributed by atoms with E-state index in [2.05, 4.69) is 0 Å². The number of thioether (sulfide) groups is 1. The van der Waals surface area contributed by atoms with Gasteiger partial charge in [0.15, 0.2) is 0 Å². The molecule has 0 saturated heterocycles. The van der Waals surface area contributed by atoms with Crippen LogP contribution in [0.25, 0.3) is 0 Å². The van der Waals surface area contributed by atoms with Crippen molar-refractivity contribution in [2.24, 2.45) is 0 Å². The van der Waals surface area contributed by atoms with Gasteiger partial charge in [0.05, 0.1) is 11.0 Å². The first-order chi connectivity index (χ1) is 4.84. The van der Waals surface area contributed by atoms with E-state index < -0.39 is 0 Å². The van der Waals surface area contributed by atoms with Gasteiger partial charge in [-0.15, -0.1) is 0 Å². The molecule has 1 nitrogen and oxygen atoms in total. The Hall–Kier alpha value is -0.180. The lowest BCUT2D eigenvalue weighted by atomic mass is 10.4. The zero-order valence-electron chi connectivity index (χ0n) is 5.25. The molecule has 0 bridgehead atoms. The average Bonchev–Trinajstić information content (AvgIpc) is 1.94. The standard InChI is InChI=1S/C7H7ClOS/c8-6-3-1-2-4-7(6)10-5-9/h1-4,9H,5H2. The first-order valence-electron chi connectivity index (χ1n) is 2.83. The summed E-state index contributed by atoms with van der Waals surface area (Å²) in [5.41, 5.74) is 0. The highest BCUT2D eigenvalue weighted by Gasteiger charge is 1.95. The third-order valence-electron chi connectivity index (χ3n) is 1.06. The van der Waals surface area contributed by atoms with Crippen molar-refractivity contribution in [1.82, 2.24) is 0 Å². The van der Waals surface area contributed by atoms with Crippen molar-refractivity contribution in [3.8, 4) is 0 Å². The normalized spacial score (nSPS) is 9.80. The van der Waals surface area contributed by atoms with E-state index in [1.54, 1.807) is 6.07 Å². The third-order valence-corrected chi connectivity index (χ3v) is 2.29. The van der Waals surface area contributed by atoms with Crippen LogP contribution in [-0.2, 0) is 0 Å². The quantitative estimate of drug-likeness (QED) is 0.549. The molecule has 0 saturated carbocycles. The van der Waals surface area contributed by atoms with Crippen LogP contribution in [0, 0.1) is 0 Å². The smallest absolute Gasteiger partial charge is 0.0932 e. The lowest BCUT2D eigenvalue weighted by Crippen LogP contribution is -1.75. The van der Waals surface area contributed by atoms with Crippen molar-refractivity contribution < 1.29 is 5.11 Å². The number of hydrogen-bond acceptors (Lipinski definition) is 2. The summed E-state index contributed by atoms with van der Waals surface area (Å²) in [6, 6.07) is 7.44. The zero-order valence-corrected chi connectivity index (χ0v) is 6.82. The molecule has 0 amide bonds. The minimum atomic E-state index is 0.0731. The highest BCUT2D eigenvalue weighted by atomic mass is 35.5. The maximum Gasteiger partial charge on any atom is 0.0932 e. The Morgan fingerprint density at radius 3 is 2.70 bits per heavy atom. The Balaban J connectivity index is 2.81. The van der Waals surface area contributed by atoms with Crippen molar-refractivity contribution in [3.63, 3.8) is 0 Å². The van der Waals surface area contributed by atoms with Crippen LogP contribution in [0.5, 0.6) is 0 Å². The van der Waals surface area contributed by atoms with E-state index in [-0.39, 0.29) is 5.94 Å². The summed E-state index contributed by atoms with van der Waals surface area (Å²) in [4.78, 5) is 0.923. The maximum atomic E-state index is 8.55. The average molecular weight is 175 g/mol. The molecule has 1 aromatic rings. The minimum Gasteiger partial charge on any atom is -0.385 e. The SMILES string of the molecule is OCSc1ccccc1Cl. The molecule has 0 aliphatic carbocycles. The highest BCUT2D eigenvalue weighted by molar-refractivity contribution is 7.99. The number of halogens is 1. The van der Waals surface area contributed by atoms with E-state index in [4.69, 9.17) is 16.7 Å². The molecule has 10 heavy (non-hydrogen) atoms. The van der Waals surface area contributed by atoms with Crippen molar-refractivity contribution in [3.05, 3.63) is 29.3 Å². The number of aliphatic hydroxyl groups excluding tert-OH is 1.